The third-order valence-corrected chi connectivity index (χ3v) is 8.37. The van der Waals surface area contributed by atoms with Gasteiger partial charge in [-0.3, -0.25) is 38.5 Å². The smallest absolute Gasteiger partial charge is 0.394 e. The van der Waals surface area contributed by atoms with Crippen LogP contribution in [0, 0.1) is 27.9 Å². The van der Waals surface area contributed by atoms with E-state index in [4.69, 9.17) is 23.3 Å². The Labute approximate surface area is 264 Å². The summed E-state index contributed by atoms with van der Waals surface area (Å²) in [5.74, 6) is -7.99. The number of carbonyl (C=O) groups excluding carboxylic acids is 3. The van der Waals surface area contributed by atoms with Crippen molar-refractivity contribution in [3.63, 3.8) is 0 Å². The first-order chi connectivity index (χ1) is 21.0. The van der Waals surface area contributed by atoms with E-state index in [2.05, 4.69) is 0 Å². The van der Waals surface area contributed by atoms with Gasteiger partial charge in [0.15, 0.2) is 11.4 Å². The first-order valence-electron chi connectivity index (χ1n) is 14.1. The van der Waals surface area contributed by atoms with Gasteiger partial charge in [-0.15, -0.1) is 0 Å². The number of primary amides is 1. The van der Waals surface area contributed by atoms with E-state index in [9.17, 15) is 44.9 Å². The van der Waals surface area contributed by atoms with Crippen molar-refractivity contribution in [3.05, 3.63) is 50.0 Å². The van der Waals surface area contributed by atoms with E-state index >= 15 is 0 Å². The second-order valence-corrected chi connectivity index (χ2v) is 13.3. The maximum absolute atomic E-state index is 14.0. The van der Waals surface area contributed by atoms with Gasteiger partial charge in [0, 0.05) is 35.8 Å². The summed E-state index contributed by atoms with van der Waals surface area (Å²) in [5, 5.41) is 57.0. The van der Waals surface area contributed by atoms with Gasteiger partial charge in [-0.25, -0.2) is 0 Å². The third kappa shape index (κ3) is 6.30. The number of phenols is 1. The Morgan fingerprint density at radius 2 is 1.70 bits per heavy atom. The summed E-state index contributed by atoms with van der Waals surface area (Å²) >= 11 is 0. The predicted molar refractivity (Wildman–Crippen MR) is 162 cm³/mol. The predicted octanol–water partition coefficient (Wildman–Crippen LogP) is 1.25. The molecule has 3 aliphatic rings. The van der Waals surface area contributed by atoms with Crippen molar-refractivity contribution in [2.45, 2.75) is 58.2 Å². The minimum absolute atomic E-state index is 0.0384. The van der Waals surface area contributed by atoms with Crippen LogP contribution >= 0.6 is 0 Å². The summed E-state index contributed by atoms with van der Waals surface area (Å²) in [6.07, 6.45) is -0.0362. The van der Waals surface area contributed by atoms with Crippen LogP contribution in [0.3, 0.4) is 0 Å². The molecule has 0 saturated carbocycles. The van der Waals surface area contributed by atoms with E-state index in [0.29, 0.717) is 17.8 Å². The molecule has 1 amide bonds. The first kappa shape index (κ1) is 36.4. The molecular weight excluding hydrogens is 632 g/mol. The van der Waals surface area contributed by atoms with E-state index in [1.807, 2.05) is 32.6 Å². The quantitative estimate of drug-likeness (QED) is 0.0930. The number of rotatable bonds is 7. The van der Waals surface area contributed by atoms with Crippen LogP contribution in [0.1, 0.15) is 50.0 Å². The molecule has 46 heavy (non-hydrogen) atoms. The molecule has 0 fully saturated rings. The highest BCUT2D eigenvalue weighted by molar-refractivity contribution is 7.79. The van der Waals surface area contributed by atoms with Crippen LogP contribution in [0.15, 0.2) is 28.7 Å². The topological polar surface area (TPSA) is 282 Å². The molecule has 1 aromatic carbocycles. The molecule has 254 valence electrons. The number of benzene rings is 1. The lowest BCUT2D eigenvalue weighted by molar-refractivity contribution is -0.385. The number of Topliss-reactive ketones (excluding diaryl/α,β-unsaturated/α-hetero) is 2. The summed E-state index contributed by atoms with van der Waals surface area (Å²) in [7, 11) is -1.57. The highest BCUT2D eigenvalue weighted by Gasteiger charge is 2.63. The van der Waals surface area contributed by atoms with E-state index in [1.165, 1.54) is 11.0 Å². The van der Waals surface area contributed by atoms with E-state index in [0.717, 1.165) is 0 Å². The summed E-state index contributed by atoms with van der Waals surface area (Å²) in [4.78, 5) is 54.1. The number of fused-ring (bicyclic) bond motifs is 3. The molecule has 1 aromatic rings. The lowest BCUT2D eigenvalue weighted by atomic mass is 9.58. The van der Waals surface area contributed by atoms with Gasteiger partial charge in [0.2, 0.25) is 11.5 Å². The largest absolute Gasteiger partial charge is 0.510 e. The third-order valence-electron chi connectivity index (χ3n) is 8.37. The number of nitrogens with zero attached hydrogens (tertiary/aromatic N) is 3. The zero-order valence-corrected chi connectivity index (χ0v) is 26.8. The van der Waals surface area contributed by atoms with Crippen molar-refractivity contribution in [1.82, 2.24) is 4.90 Å². The van der Waals surface area contributed by atoms with Crippen LogP contribution in [-0.4, -0.2) is 104 Å². The number of allylic oxidation sites excluding steroid dienone is 1. The maximum Gasteiger partial charge on any atom is 0.394 e. The highest BCUT2D eigenvalue weighted by Crippen LogP contribution is 2.54. The lowest BCUT2D eigenvalue weighted by Gasteiger charge is -2.50. The van der Waals surface area contributed by atoms with Crippen molar-refractivity contribution in [3.8, 4) is 5.75 Å². The van der Waals surface area contributed by atoms with Crippen LogP contribution in [0.5, 0.6) is 5.75 Å². The number of amides is 1. The van der Waals surface area contributed by atoms with Gasteiger partial charge >= 0.3 is 16.1 Å². The van der Waals surface area contributed by atoms with Crippen molar-refractivity contribution in [1.29, 1.82) is 0 Å². The number of hydrogen-bond acceptors (Lipinski definition) is 13. The molecule has 0 aromatic heterocycles. The number of nitro benzene ring substituents is 1. The SMILES string of the molecule is CC(C)CN(c1cc([N+](=O)[O-])c(O)c2c1CC1CC3[C@H](N(C)C)C(O)=C(C(N)=O)C(=O)[C@@]3(O)C(O)=C1C2=O)C(C)C.O=S(=O)(O)O. The number of aromatic hydroxyl groups is 1. The van der Waals surface area contributed by atoms with Gasteiger partial charge < -0.3 is 31.1 Å². The fourth-order valence-corrected chi connectivity index (χ4v) is 6.66. The second kappa shape index (κ2) is 12.6. The molecule has 18 heteroatoms. The van der Waals surface area contributed by atoms with Crippen LogP contribution in [0.25, 0.3) is 0 Å². The second-order valence-electron chi connectivity index (χ2n) is 12.4. The summed E-state index contributed by atoms with van der Waals surface area (Å²) in [6.45, 7) is 8.25. The van der Waals surface area contributed by atoms with Gasteiger partial charge in [0.05, 0.1) is 16.5 Å². The first-order valence-corrected chi connectivity index (χ1v) is 15.5. The molecular formula is C28H38N4O13S. The van der Waals surface area contributed by atoms with Crippen LogP contribution in [-0.2, 0) is 26.4 Å². The summed E-state index contributed by atoms with van der Waals surface area (Å²) in [6, 6.07) is 0.00189. The number of aliphatic hydroxyl groups excluding tert-OH is 2. The van der Waals surface area contributed by atoms with Gasteiger partial charge in [-0.1, -0.05) is 13.8 Å². The Hall–Kier alpha value is -4.10. The molecule has 3 aliphatic carbocycles. The zero-order chi connectivity index (χ0) is 35.4. The number of anilines is 1. The molecule has 0 saturated heterocycles. The monoisotopic (exact) mass is 670 g/mol. The minimum Gasteiger partial charge on any atom is -0.510 e. The normalized spacial score (nSPS) is 24.4. The molecule has 2 unspecified atom stereocenters. The van der Waals surface area contributed by atoms with Gasteiger partial charge in [-0.05, 0) is 58.2 Å². The lowest BCUT2D eigenvalue weighted by Crippen LogP contribution is -2.63. The van der Waals surface area contributed by atoms with Crippen molar-refractivity contribution >= 4 is 39.2 Å². The molecule has 0 heterocycles. The van der Waals surface area contributed by atoms with Crippen molar-refractivity contribution in [2.24, 2.45) is 23.5 Å². The Balaban J connectivity index is 0.00000107. The number of nitrogens with two attached hydrogens (primary N) is 1. The number of aliphatic hydroxyl groups is 3. The number of phenolic OH excluding ortho intramolecular Hbond substituents is 1. The molecule has 0 aliphatic heterocycles. The number of ketones is 2. The van der Waals surface area contributed by atoms with Crippen LogP contribution in [0.2, 0.25) is 0 Å². The Bertz CT molecular complexity index is 1660. The zero-order valence-electron chi connectivity index (χ0n) is 26.0. The van der Waals surface area contributed by atoms with Crippen LogP contribution in [0.4, 0.5) is 11.4 Å². The van der Waals surface area contributed by atoms with Crippen LogP contribution < -0.4 is 10.6 Å². The minimum atomic E-state index is -4.67. The molecule has 0 radical (unpaired) electrons. The van der Waals surface area contributed by atoms with E-state index in [1.54, 1.807) is 14.1 Å². The van der Waals surface area contributed by atoms with Gasteiger partial charge in [0.25, 0.3) is 5.91 Å². The highest BCUT2D eigenvalue weighted by atomic mass is 32.3. The fraction of sp³-hybridized carbons (Fsp3) is 0.536. The average molecular weight is 671 g/mol. The van der Waals surface area contributed by atoms with E-state index in [-0.39, 0.29) is 35.9 Å². The Morgan fingerprint density at radius 3 is 2.13 bits per heavy atom. The summed E-state index contributed by atoms with van der Waals surface area (Å²) < 4.78 is 31.6. The number of hydrogen-bond donors (Lipinski definition) is 7. The number of carbonyl (C=O) groups is 3. The molecule has 8 N–H and O–H groups in total. The summed E-state index contributed by atoms with van der Waals surface area (Å²) in [5.41, 5.74) is 0.955. The Morgan fingerprint density at radius 1 is 1.15 bits per heavy atom. The molecule has 0 bridgehead atoms. The Kier molecular flexibility index (Phi) is 9.96. The van der Waals surface area contributed by atoms with Crippen molar-refractivity contribution in [2.75, 3.05) is 25.5 Å². The van der Waals surface area contributed by atoms with Crippen molar-refractivity contribution < 1.29 is 57.3 Å². The van der Waals surface area contributed by atoms with E-state index < -0.39 is 84.8 Å². The maximum atomic E-state index is 14.0. The molecule has 4 rings (SSSR count). The van der Waals surface area contributed by atoms with Gasteiger partial charge in [0.1, 0.15) is 17.1 Å². The standard InChI is InChI=1S/C28H36N4O9.H2O4S/c1-11(2)10-31(12(3)4)16-9-17(32(40)41)22(33)19-14(16)7-13-8-15-21(30(5)6)24(35)20(27(29)38)26(37)28(15,39)25(36)18(13)23(19)34;1-5(2,3)4/h9,11-13,15,21,33,35-36,39H,7-8,10H2,1-6H3,(H2,29,38);(H2,1,2,3,4)/t13?,15?,21-,28-;/m0./s1. The average Bonchev–Trinajstić information content (AvgIpc) is 2.88. The molecule has 0 spiro atoms. The number of likely N-dealkylation sites (N-methyl/N-ethyl adjacent to an activating group) is 1. The van der Waals surface area contributed by atoms with Gasteiger partial charge in [-0.2, -0.15) is 8.42 Å². The number of nitro groups is 1. The fourth-order valence-electron chi connectivity index (χ4n) is 6.66. The molecule has 4 atom stereocenters. The molecule has 17 nitrogen and oxygen atoms in total.